The third-order valence-corrected chi connectivity index (χ3v) is 5.94. The molecule has 0 radical (unpaired) electrons. The van der Waals surface area contributed by atoms with Gasteiger partial charge in [0.25, 0.3) is 0 Å². The van der Waals surface area contributed by atoms with Crippen molar-refractivity contribution < 1.29 is 0 Å². The Morgan fingerprint density at radius 3 is 2.92 bits per heavy atom. The largest absolute Gasteiger partial charge is 0.345 e. The molecule has 0 bridgehead atoms. The molecule has 0 unspecified atom stereocenters. The van der Waals surface area contributed by atoms with Crippen LogP contribution in [0.3, 0.4) is 0 Å². The van der Waals surface area contributed by atoms with E-state index < -0.39 is 0 Å². The van der Waals surface area contributed by atoms with Crippen LogP contribution in [0, 0.1) is 0 Å². The molecule has 4 aromatic rings. The number of pyridine rings is 2. The van der Waals surface area contributed by atoms with E-state index in [1.807, 2.05) is 18.6 Å². The molecule has 0 spiro atoms. The molecule has 0 saturated heterocycles. The number of nitrogens with zero attached hydrogens (tertiary/aromatic N) is 2. The van der Waals surface area contributed by atoms with Crippen molar-refractivity contribution in [2.24, 2.45) is 0 Å². The predicted molar refractivity (Wildman–Crippen MR) is 106 cm³/mol. The highest BCUT2D eigenvalue weighted by Gasteiger charge is 2.14. The third kappa shape index (κ3) is 2.41. The van der Waals surface area contributed by atoms with Gasteiger partial charge in [0.1, 0.15) is 5.65 Å². The highest BCUT2D eigenvalue weighted by molar-refractivity contribution is 7.22. The minimum atomic E-state index is 0.937. The molecule has 0 aliphatic heterocycles. The van der Waals surface area contributed by atoms with E-state index in [1.165, 1.54) is 42.6 Å². The number of rotatable bonds is 2. The molecular formula is C21H17N3S. The molecule has 4 heteroatoms. The molecule has 3 nitrogen and oxygen atoms in total. The Hall–Kier alpha value is -2.72. The number of H-pyrrole nitrogens is 1. The molecule has 1 N–H and O–H groups in total. The Balaban J connectivity index is 1.68. The molecule has 4 aromatic heterocycles. The van der Waals surface area contributed by atoms with Crippen molar-refractivity contribution in [1.82, 2.24) is 15.0 Å². The predicted octanol–water partition coefficient (Wildman–Crippen LogP) is 5.96. The van der Waals surface area contributed by atoms with E-state index >= 15 is 0 Å². The molecule has 5 rings (SSSR count). The summed E-state index contributed by atoms with van der Waals surface area (Å²) in [4.78, 5) is 13.5. The summed E-state index contributed by atoms with van der Waals surface area (Å²) in [5.74, 6) is 0. The summed E-state index contributed by atoms with van der Waals surface area (Å²) in [6.45, 7) is 2.19. The van der Waals surface area contributed by atoms with E-state index in [1.54, 1.807) is 11.3 Å². The highest BCUT2D eigenvalue weighted by atomic mass is 32.1. The molecule has 122 valence electrons. The topological polar surface area (TPSA) is 41.6 Å². The standard InChI is InChI=1S/C21H17N3S/c1-13-4-2-3-5-16(13)15-8-17-18(11-24-21(17)23-10-15)19-9-14-6-7-22-12-20(14)25-19/h4-12H,2-3H2,1H3,(H,23,24). The lowest BCUT2D eigenvalue weighted by atomic mass is 9.93. The zero-order valence-electron chi connectivity index (χ0n) is 13.9. The van der Waals surface area contributed by atoms with Gasteiger partial charge in [0.05, 0.1) is 4.70 Å². The maximum Gasteiger partial charge on any atom is 0.137 e. The molecule has 4 heterocycles. The summed E-state index contributed by atoms with van der Waals surface area (Å²) in [5, 5.41) is 2.42. The fourth-order valence-electron chi connectivity index (χ4n) is 3.52. The van der Waals surface area contributed by atoms with Crippen molar-refractivity contribution in [3.63, 3.8) is 0 Å². The first-order valence-electron chi connectivity index (χ1n) is 8.48. The van der Waals surface area contributed by atoms with Crippen LogP contribution in [0.4, 0.5) is 0 Å². The van der Waals surface area contributed by atoms with Gasteiger partial charge < -0.3 is 4.98 Å². The smallest absolute Gasteiger partial charge is 0.137 e. The zero-order chi connectivity index (χ0) is 16.8. The van der Waals surface area contributed by atoms with Crippen LogP contribution in [0.5, 0.6) is 0 Å². The fraction of sp³-hybridized carbons (Fsp3) is 0.143. The second kappa shape index (κ2) is 5.67. The summed E-state index contributed by atoms with van der Waals surface area (Å²) in [5.41, 5.74) is 6.01. The number of allylic oxidation sites excluding steroid dienone is 4. The Labute approximate surface area is 149 Å². The summed E-state index contributed by atoms with van der Waals surface area (Å²) in [6.07, 6.45) is 14.7. The molecule has 0 aromatic carbocycles. The lowest BCUT2D eigenvalue weighted by molar-refractivity contribution is 1.02. The molecule has 0 amide bonds. The van der Waals surface area contributed by atoms with E-state index in [2.05, 4.69) is 58.4 Å². The number of aromatic amines is 1. The summed E-state index contributed by atoms with van der Waals surface area (Å²) in [6, 6.07) is 6.57. The van der Waals surface area contributed by atoms with Crippen LogP contribution in [0.15, 0.2) is 60.7 Å². The monoisotopic (exact) mass is 343 g/mol. The van der Waals surface area contributed by atoms with E-state index in [4.69, 9.17) is 0 Å². The lowest BCUT2D eigenvalue weighted by Crippen LogP contribution is -1.93. The number of thiophene rings is 1. The second-order valence-corrected chi connectivity index (χ2v) is 7.51. The average molecular weight is 343 g/mol. The van der Waals surface area contributed by atoms with Crippen LogP contribution in [-0.2, 0) is 0 Å². The average Bonchev–Trinajstić information content (AvgIpc) is 3.25. The molecule has 25 heavy (non-hydrogen) atoms. The lowest BCUT2D eigenvalue weighted by Gasteiger charge is -2.13. The molecule has 0 atom stereocenters. The summed E-state index contributed by atoms with van der Waals surface area (Å²) < 4.78 is 1.21. The maximum absolute atomic E-state index is 4.66. The molecule has 1 aliphatic carbocycles. The van der Waals surface area contributed by atoms with Crippen molar-refractivity contribution in [1.29, 1.82) is 0 Å². The van der Waals surface area contributed by atoms with E-state index in [9.17, 15) is 0 Å². The van der Waals surface area contributed by atoms with Crippen LogP contribution >= 0.6 is 11.3 Å². The fourth-order valence-corrected chi connectivity index (χ4v) is 4.58. The molecular weight excluding hydrogens is 326 g/mol. The quantitative estimate of drug-likeness (QED) is 0.487. The normalized spacial score (nSPS) is 14.8. The second-order valence-electron chi connectivity index (χ2n) is 6.43. The third-order valence-electron chi connectivity index (χ3n) is 4.82. The van der Waals surface area contributed by atoms with Gasteiger partial charge in [-0.05, 0) is 54.5 Å². The number of aromatic nitrogens is 3. The van der Waals surface area contributed by atoms with Crippen LogP contribution in [0.1, 0.15) is 25.3 Å². The Bertz CT molecular complexity index is 1130. The number of fused-ring (bicyclic) bond motifs is 2. The molecule has 1 aliphatic rings. The van der Waals surface area contributed by atoms with Gasteiger partial charge in [0, 0.05) is 46.2 Å². The number of nitrogens with one attached hydrogen (secondary N) is 1. The SMILES string of the molecule is CC1=CCCC=C1c1cnc2[nH]cc(-c3cc4ccncc4s3)c2c1. The van der Waals surface area contributed by atoms with Crippen LogP contribution in [-0.4, -0.2) is 15.0 Å². The van der Waals surface area contributed by atoms with Gasteiger partial charge in [-0.1, -0.05) is 12.2 Å². The van der Waals surface area contributed by atoms with Crippen LogP contribution in [0.25, 0.3) is 37.1 Å². The summed E-state index contributed by atoms with van der Waals surface area (Å²) >= 11 is 1.78. The Kier molecular flexibility index (Phi) is 3.31. The minimum absolute atomic E-state index is 0.937. The van der Waals surface area contributed by atoms with Gasteiger partial charge >= 0.3 is 0 Å². The Morgan fingerprint density at radius 2 is 2.04 bits per heavy atom. The van der Waals surface area contributed by atoms with E-state index in [-0.39, 0.29) is 0 Å². The first-order valence-corrected chi connectivity index (χ1v) is 9.30. The molecule has 0 saturated carbocycles. The van der Waals surface area contributed by atoms with Crippen molar-refractivity contribution in [2.75, 3.05) is 0 Å². The van der Waals surface area contributed by atoms with Gasteiger partial charge in [0.2, 0.25) is 0 Å². The van der Waals surface area contributed by atoms with Crippen molar-refractivity contribution in [3.8, 4) is 10.4 Å². The zero-order valence-corrected chi connectivity index (χ0v) is 14.7. The maximum atomic E-state index is 4.66. The number of hydrogen-bond acceptors (Lipinski definition) is 3. The first-order chi connectivity index (χ1) is 12.3. The highest BCUT2D eigenvalue weighted by Crippen LogP contribution is 2.38. The van der Waals surface area contributed by atoms with Gasteiger partial charge in [0.15, 0.2) is 0 Å². The van der Waals surface area contributed by atoms with Crippen molar-refractivity contribution >= 4 is 38.0 Å². The van der Waals surface area contributed by atoms with Crippen molar-refractivity contribution in [3.05, 3.63) is 66.3 Å². The van der Waals surface area contributed by atoms with Gasteiger partial charge in [-0.2, -0.15) is 0 Å². The number of hydrogen-bond donors (Lipinski definition) is 1. The van der Waals surface area contributed by atoms with Crippen molar-refractivity contribution in [2.45, 2.75) is 19.8 Å². The van der Waals surface area contributed by atoms with Gasteiger partial charge in [-0.3, -0.25) is 4.98 Å². The van der Waals surface area contributed by atoms with E-state index in [0.29, 0.717) is 0 Å². The first kappa shape index (κ1) is 14.6. The minimum Gasteiger partial charge on any atom is -0.345 e. The van der Waals surface area contributed by atoms with Crippen LogP contribution < -0.4 is 0 Å². The van der Waals surface area contributed by atoms with E-state index in [0.717, 1.165) is 18.5 Å². The Morgan fingerprint density at radius 1 is 1.12 bits per heavy atom. The molecule has 0 fully saturated rings. The van der Waals surface area contributed by atoms with Crippen LogP contribution in [0.2, 0.25) is 0 Å². The van der Waals surface area contributed by atoms with Gasteiger partial charge in [-0.25, -0.2) is 4.98 Å². The van der Waals surface area contributed by atoms with Gasteiger partial charge in [-0.15, -0.1) is 11.3 Å². The summed E-state index contributed by atoms with van der Waals surface area (Å²) in [7, 11) is 0.